The van der Waals surface area contributed by atoms with Crippen LogP contribution in [-0.4, -0.2) is 18.3 Å². The van der Waals surface area contributed by atoms with E-state index < -0.39 is 0 Å². The number of aliphatic hydroxyl groups excluding tert-OH is 1. The van der Waals surface area contributed by atoms with Crippen LogP contribution < -0.4 is 5.06 Å². The molecule has 0 aromatic rings. The first-order chi connectivity index (χ1) is 4.84. The zero-order chi connectivity index (χ0) is 7.40. The molecule has 1 aliphatic heterocycles. The standard InChI is InChI=1S/C7H11NO2/c9-6-4-7-3-1-2-5-8(7)10/h1-3,8-9H,4-6H2. The highest BCUT2D eigenvalue weighted by Crippen LogP contribution is 1.94. The molecule has 3 heteroatoms. The van der Waals surface area contributed by atoms with Crippen LogP contribution in [0.15, 0.2) is 23.9 Å². The van der Waals surface area contributed by atoms with Crippen molar-refractivity contribution in [2.45, 2.75) is 6.42 Å². The number of hydrogen-bond donors (Lipinski definition) is 2. The fraction of sp³-hybridized carbons (Fsp3) is 0.429. The van der Waals surface area contributed by atoms with Gasteiger partial charge in [0.1, 0.15) is 12.2 Å². The van der Waals surface area contributed by atoms with Crippen LogP contribution in [-0.2, 0) is 0 Å². The Morgan fingerprint density at radius 3 is 3.10 bits per heavy atom. The number of allylic oxidation sites excluding steroid dienone is 2. The van der Waals surface area contributed by atoms with E-state index in [1.54, 1.807) is 6.08 Å². The van der Waals surface area contributed by atoms with E-state index in [4.69, 9.17) is 5.11 Å². The molecule has 0 amide bonds. The number of quaternary nitrogens is 1. The first-order valence-electron chi connectivity index (χ1n) is 3.34. The number of aliphatic hydroxyl groups is 1. The summed E-state index contributed by atoms with van der Waals surface area (Å²) in [5.41, 5.74) is 0.741. The van der Waals surface area contributed by atoms with Gasteiger partial charge in [-0.3, -0.25) is 0 Å². The minimum absolute atomic E-state index is 0.0609. The molecule has 0 spiro atoms. The van der Waals surface area contributed by atoms with Gasteiger partial charge in [-0.05, 0) is 12.2 Å². The Morgan fingerprint density at radius 1 is 1.70 bits per heavy atom. The Morgan fingerprint density at radius 2 is 2.50 bits per heavy atom. The van der Waals surface area contributed by atoms with E-state index in [1.165, 1.54) is 0 Å². The molecule has 1 rings (SSSR count). The molecule has 56 valence electrons. The second kappa shape index (κ2) is 3.51. The lowest BCUT2D eigenvalue weighted by Crippen LogP contribution is -3.05. The molecule has 1 atom stereocenters. The number of nitrogens with one attached hydrogen (secondary N) is 1. The monoisotopic (exact) mass is 141 g/mol. The van der Waals surface area contributed by atoms with Crippen LogP contribution in [0.5, 0.6) is 0 Å². The zero-order valence-corrected chi connectivity index (χ0v) is 5.71. The highest BCUT2D eigenvalue weighted by molar-refractivity contribution is 5.10. The lowest BCUT2D eigenvalue weighted by molar-refractivity contribution is -0.801. The van der Waals surface area contributed by atoms with Crippen molar-refractivity contribution in [3.63, 3.8) is 0 Å². The van der Waals surface area contributed by atoms with Crippen molar-refractivity contribution in [2.24, 2.45) is 0 Å². The van der Waals surface area contributed by atoms with Crippen molar-refractivity contribution in [3.05, 3.63) is 29.1 Å². The predicted octanol–water partition coefficient (Wildman–Crippen LogP) is -0.795. The van der Waals surface area contributed by atoms with Crippen LogP contribution >= 0.6 is 0 Å². The number of hydroxylamine groups is 2. The average molecular weight is 141 g/mol. The molecule has 0 saturated heterocycles. The third kappa shape index (κ3) is 1.67. The zero-order valence-electron chi connectivity index (χ0n) is 5.71. The van der Waals surface area contributed by atoms with Crippen LogP contribution in [0.3, 0.4) is 0 Å². The minimum Gasteiger partial charge on any atom is -0.629 e. The molecule has 0 bridgehead atoms. The maximum atomic E-state index is 11.0. The topological polar surface area (TPSA) is 47.7 Å². The molecule has 0 saturated carbocycles. The van der Waals surface area contributed by atoms with E-state index in [-0.39, 0.29) is 11.7 Å². The Bertz CT molecular complexity index is 163. The predicted molar refractivity (Wildman–Crippen MR) is 38.1 cm³/mol. The summed E-state index contributed by atoms with van der Waals surface area (Å²) in [5.74, 6) is 0. The third-order valence-corrected chi connectivity index (χ3v) is 1.48. The fourth-order valence-corrected chi connectivity index (χ4v) is 0.927. The third-order valence-electron chi connectivity index (χ3n) is 1.48. The summed E-state index contributed by atoms with van der Waals surface area (Å²) in [6.07, 6.45) is 5.93. The molecule has 0 aromatic carbocycles. The largest absolute Gasteiger partial charge is 0.629 e. The summed E-state index contributed by atoms with van der Waals surface area (Å²) in [7, 11) is 0. The number of rotatable bonds is 2. The van der Waals surface area contributed by atoms with E-state index in [2.05, 4.69) is 0 Å². The molecule has 2 N–H and O–H groups in total. The first-order valence-corrected chi connectivity index (χ1v) is 3.34. The average Bonchev–Trinajstić information content (AvgIpc) is 1.94. The molecule has 0 fully saturated rings. The second-order valence-corrected chi connectivity index (χ2v) is 2.22. The molecular formula is C7H11NO2. The van der Waals surface area contributed by atoms with Crippen molar-refractivity contribution in [1.82, 2.24) is 0 Å². The van der Waals surface area contributed by atoms with Gasteiger partial charge in [-0.1, -0.05) is 6.08 Å². The van der Waals surface area contributed by atoms with Gasteiger partial charge in [0.05, 0.1) is 6.61 Å². The summed E-state index contributed by atoms with van der Waals surface area (Å²) >= 11 is 0. The molecule has 0 aliphatic carbocycles. The van der Waals surface area contributed by atoms with Gasteiger partial charge < -0.3 is 15.4 Å². The smallest absolute Gasteiger partial charge is 0.110 e. The number of hydrogen-bond acceptors (Lipinski definition) is 2. The SMILES string of the molecule is [O-][NH+]1CC=CC=C1CCO. The first kappa shape index (κ1) is 7.47. The Balaban J connectivity index is 2.52. The molecule has 3 nitrogen and oxygen atoms in total. The van der Waals surface area contributed by atoms with Crippen molar-refractivity contribution < 1.29 is 10.2 Å². The van der Waals surface area contributed by atoms with Gasteiger partial charge in [0.2, 0.25) is 0 Å². The summed E-state index contributed by atoms with van der Waals surface area (Å²) in [6, 6.07) is 0. The summed E-state index contributed by atoms with van der Waals surface area (Å²) in [5, 5.41) is 19.6. The fourth-order valence-electron chi connectivity index (χ4n) is 0.927. The molecule has 1 aliphatic rings. The van der Waals surface area contributed by atoms with Crippen molar-refractivity contribution >= 4 is 0 Å². The van der Waals surface area contributed by atoms with Gasteiger partial charge in [-0.25, -0.2) is 0 Å². The minimum atomic E-state index is 0.0609. The van der Waals surface area contributed by atoms with E-state index in [0.29, 0.717) is 13.0 Å². The van der Waals surface area contributed by atoms with Gasteiger partial charge in [0.15, 0.2) is 0 Å². The van der Waals surface area contributed by atoms with Crippen LogP contribution in [0.2, 0.25) is 0 Å². The quantitative estimate of drug-likeness (QED) is 0.495. The molecule has 1 heterocycles. The van der Waals surface area contributed by atoms with E-state index in [9.17, 15) is 5.21 Å². The van der Waals surface area contributed by atoms with E-state index >= 15 is 0 Å². The summed E-state index contributed by atoms with van der Waals surface area (Å²) < 4.78 is 0. The molecular weight excluding hydrogens is 130 g/mol. The Kier molecular flexibility index (Phi) is 2.62. The van der Waals surface area contributed by atoms with Crippen LogP contribution in [0.1, 0.15) is 6.42 Å². The van der Waals surface area contributed by atoms with Gasteiger partial charge in [0.25, 0.3) is 0 Å². The lowest BCUT2D eigenvalue weighted by atomic mass is 10.2. The molecule has 0 aromatic heterocycles. The van der Waals surface area contributed by atoms with Crippen LogP contribution in [0.25, 0.3) is 0 Å². The normalized spacial score (nSPS) is 24.6. The van der Waals surface area contributed by atoms with Gasteiger partial charge in [-0.2, -0.15) is 0 Å². The van der Waals surface area contributed by atoms with E-state index in [0.717, 1.165) is 5.70 Å². The van der Waals surface area contributed by atoms with Gasteiger partial charge in [-0.15, -0.1) is 0 Å². The summed E-state index contributed by atoms with van der Waals surface area (Å²) in [4.78, 5) is 0. The molecule has 1 unspecified atom stereocenters. The highest BCUT2D eigenvalue weighted by Gasteiger charge is 2.05. The Hall–Kier alpha value is -0.640. The summed E-state index contributed by atoms with van der Waals surface area (Å²) in [6.45, 7) is 0.553. The van der Waals surface area contributed by atoms with Crippen molar-refractivity contribution in [2.75, 3.05) is 13.2 Å². The van der Waals surface area contributed by atoms with Crippen LogP contribution in [0.4, 0.5) is 0 Å². The lowest BCUT2D eigenvalue weighted by Gasteiger charge is -2.24. The molecule has 10 heavy (non-hydrogen) atoms. The molecule has 0 radical (unpaired) electrons. The van der Waals surface area contributed by atoms with Gasteiger partial charge >= 0.3 is 0 Å². The highest BCUT2D eigenvalue weighted by atomic mass is 16.5. The van der Waals surface area contributed by atoms with E-state index in [1.807, 2.05) is 12.2 Å². The Labute approximate surface area is 59.8 Å². The van der Waals surface area contributed by atoms with Crippen molar-refractivity contribution in [1.29, 1.82) is 0 Å². The van der Waals surface area contributed by atoms with Crippen LogP contribution in [0, 0.1) is 5.21 Å². The van der Waals surface area contributed by atoms with Crippen molar-refractivity contribution in [3.8, 4) is 0 Å². The maximum Gasteiger partial charge on any atom is 0.110 e. The second-order valence-electron chi connectivity index (χ2n) is 2.22. The maximum absolute atomic E-state index is 11.0. The van der Waals surface area contributed by atoms with Gasteiger partial charge in [0, 0.05) is 6.42 Å².